The molecule has 0 atom stereocenters. The minimum Gasteiger partial charge on any atom is -0.481 e. The summed E-state index contributed by atoms with van der Waals surface area (Å²) in [5.74, 6) is 1.40. The van der Waals surface area contributed by atoms with E-state index in [9.17, 15) is 0 Å². The van der Waals surface area contributed by atoms with E-state index in [1.54, 1.807) is 7.11 Å². The lowest BCUT2D eigenvalue weighted by atomic mass is 10.1. The van der Waals surface area contributed by atoms with Gasteiger partial charge in [0.25, 0.3) is 0 Å². The third-order valence-electron chi connectivity index (χ3n) is 2.74. The molecule has 0 saturated carbocycles. The number of pyridine rings is 2. The van der Waals surface area contributed by atoms with Gasteiger partial charge in [-0.1, -0.05) is 19.1 Å². The topological polar surface area (TPSA) is 47.0 Å². The van der Waals surface area contributed by atoms with Gasteiger partial charge in [-0.3, -0.25) is 4.98 Å². The summed E-state index contributed by atoms with van der Waals surface area (Å²) in [4.78, 5) is 8.69. The van der Waals surface area contributed by atoms with Crippen LogP contribution in [0, 0.1) is 0 Å². The maximum Gasteiger partial charge on any atom is 0.214 e. The van der Waals surface area contributed by atoms with E-state index in [1.165, 1.54) is 5.56 Å². The highest BCUT2D eigenvalue weighted by molar-refractivity contribution is 5.38. The van der Waals surface area contributed by atoms with E-state index in [1.807, 2.05) is 30.5 Å². The Morgan fingerprint density at radius 1 is 1.22 bits per heavy atom. The summed E-state index contributed by atoms with van der Waals surface area (Å²) >= 11 is 0. The van der Waals surface area contributed by atoms with Crippen molar-refractivity contribution < 1.29 is 4.74 Å². The fourth-order valence-electron chi connectivity index (χ4n) is 1.75. The van der Waals surface area contributed by atoms with Gasteiger partial charge in [-0.2, -0.15) is 4.98 Å². The summed E-state index contributed by atoms with van der Waals surface area (Å²) in [5, 5.41) is 3.26. The largest absolute Gasteiger partial charge is 0.481 e. The second-order valence-electron chi connectivity index (χ2n) is 3.88. The third-order valence-corrected chi connectivity index (χ3v) is 2.74. The van der Waals surface area contributed by atoms with Crippen molar-refractivity contribution in [3.8, 4) is 5.88 Å². The first-order valence-corrected chi connectivity index (χ1v) is 6.01. The van der Waals surface area contributed by atoms with Crippen LogP contribution in [0.25, 0.3) is 0 Å². The smallest absolute Gasteiger partial charge is 0.214 e. The molecule has 4 heteroatoms. The zero-order valence-electron chi connectivity index (χ0n) is 10.7. The molecular formula is C14H17N3O. The van der Waals surface area contributed by atoms with Crippen LogP contribution in [-0.4, -0.2) is 17.1 Å². The fraction of sp³-hybridized carbons (Fsp3) is 0.286. The van der Waals surface area contributed by atoms with Gasteiger partial charge in [0, 0.05) is 12.3 Å². The normalized spacial score (nSPS) is 10.1. The first kappa shape index (κ1) is 12.4. The molecule has 0 saturated heterocycles. The Bertz CT molecular complexity index is 514. The van der Waals surface area contributed by atoms with Crippen molar-refractivity contribution in [2.45, 2.75) is 19.9 Å². The molecule has 94 valence electrons. The number of nitrogens with one attached hydrogen (secondary N) is 1. The van der Waals surface area contributed by atoms with Gasteiger partial charge in [0.15, 0.2) is 0 Å². The lowest BCUT2D eigenvalue weighted by molar-refractivity contribution is 0.398. The summed E-state index contributed by atoms with van der Waals surface area (Å²) in [7, 11) is 1.61. The Morgan fingerprint density at radius 2 is 2.11 bits per heavy atom. The molecule has 0 unspecified atom stereocenters. The lowest BCUT2D eigenvalue weighted by Crippen LogP contribution is -2.06. The number of hydrogen-bond donors (Lipinski definition) is 1. The molecule has 2 heterocycles. The van der Waals surface area contributed by atoms with E-state index in [4.69, 9.17) is 4.74 Å². The average molecular weight is 243 g/mol. The molecule has 2 rings (SSSR count). The number of ether oxygens (including phenoxy) is 1. The Morgan fingerprint density at radius 3 is 2.89 bits per heavy atom. The predicted octanol–water partition coefficient (Wildman–Crippen LogP) is 2.66. The highest BCUT2D eigenvalue weighted by Gasteiger charge is 2.02. The quantitative estimate of drug-likeness (QED) is 0.877. The minimum atomic E-state index is 0.608. The van der Waals surface area contributed by atoms with Gasteiger partial charge in [-0.15, -0.1) is 0 Å². The van der Waals surface area contributed by atoms with Gasteiger partial charge in [-0.05, 0) is 24.1 Å². The number of nitrogens with zero attached hydrogens (tertiary/aromatic N) is 2. The van der Waals surface area contributed by atoms with E-state index in [2.05, 4.69) is 28.3 Å². The number of anilines is 1. The van der Waals surface area contributed by atoms with Crippen LogP contribution >= 0.6 is 0 Å². The zero-order chi connectivity index (χ0) is 12.8. The van der Waals surface area contributed by atoms with Crippen LogP contribution < -0.4 is 10.1 Å². The van der Waals surface area contributed by atoms with E-state index in [-0.39, 0.29) is 0 Å². The summed E-state index contributed by atoms with van der Waals surface area (Å²) in [6, 6.07) is 9.71. The summed E-state index contributed by atoms with van der Waals surface area (Å²) in [6.45, 7) is 2.80. The number of hydrogen-bond acceptors (Lipinski definition) is 4. The highest BCUT2D eigenvalue weighted by Crippen LogP contribution is 2.13. The van der Waals surface area contributed by atoms with Crippen molar-refractivity contribution in [1.82, 2.24) is 9.97 Å². The molecule has 0 fully saturated rings. The first-order valence-electron chi connectivity index (χ1n) is 6.01. The van der Waals surface area contributed by atoms with Crippen molar-refractivity contribution in [3.05, 3.63) is 47.8 Å². The van der Waals surface area contributed by atoms with Gasteiger partial charge in [0.1, 0.15) is 5.82 Å². The first-order chi connectivity index (χ1) is 8.83. The van der Waals surface area contributed by atoms with Crippen LogP contribution in [-0.2, 0) is 13.0 Å². The van der Waals surface area contributed by atoms with Crippen molar-refractivity contribution in [1.29, 1.82) is 0 Å². The van der Waals surface area contributed by atoms with Crippen molar-refractivity contribution >= 4 is 5.82 Å². The molecule has 0 bridgehead atoms. The van der Waals surface area contributed by atoms with Crippen LogP contribution in [0.15, 0.2) is 36.5 Å². The molecule has 18 heavy (non-hydrogen) atoms. The Balaban J connectivity index is 2.06. The molecule has 1 N–H and O–H groups in total. The SMILES string of the molecule is CCc1cccnc1CNc1cccc(OC)n1. The van der Waals surface area contributed by atoms with E-state index in [0.29, 0.717) is 12.4 Å². The Labute approximate surface area is 107 Å². The van der Waals surface area contributed by atoms with Crippen molar-refractivity contribution in [3.63, 3.8) is 0 Å². The Kier molecular flexibility index (Phi) is 4.12. The third kappa shape index (κ3) is 2.97. The molecule has 0 aliphatic heterocycles. The molecule has 0 aliphatic rings. The molecule has 2 aromatic heterocycles. The van der Waals surface area contributed by atoms with Crippen molar-refractivity contribution in [2.24, 2.45) is 0 Å². The number of rotatable bonds is 5. The average Bonchev–Trinajstić information content (AvgIpc) is 2.45. The van der Waals surface area contributed by atoms with Gasteiger partial charge in [0.2, 0.25) is 5.88 Å². The second kappa shape index (κ2) is 6.00. The summed E-state index contributed by atoms with van der Waals surface area (Å²) in [6.07, 6.45) is 2.80. The van der Waals surface area contributed by atoms with E-state index < -0.39 is 0 Å². The molecule has 0 spiro atoms. The standard InChI is InChI=1S/C14H17N3O/c1-3-11-6-5-9-15-12(11)10-16-13-7-4-8-14(17-13)18-2/h4-9H,3,10H2,1-2H3,(H,16,17). The van der Waals surface area contributed by atoms with E-state index in [0.717, 1.165) is 17.9 Å². The zero-order valence-corrected chi connectivity index (χ0v) is 10.7. The van der Waals surface area contributed by atoms with Gasteiger partial charge < -0.3 is 10.1 Å². The molecule has 0 aliphatic carbocycles. The van der Waals surface area contributed by atoms with Crippen LogP contribution in [0.4, 0.5) is 5.82 Å². The molecule has 0 amide bonds. The van der Waals surface area contributed by atoms with Crippen LogP contribution in [0.2, 0.25) is 0 Å². The van der Waals surface area contributed by atoms with Gasteiger partial charge in [-0.25, -0.2) is 0 Å². The van der Waals surface area contributed by atoms with Gasteiger partial charge >= 0.3 is 0 Å². The molecule has 0 radical (unpaired) electrons. The maximum atomic E-state index is 5.09. The number of methoxy groups -OCH3 is 1. The van der Waals surface area contributed by atoms with Crippen LogP contribution in [0.5, 0.6) is 5.88 Å². The summed E-state index contributed by atoms with van der Waals surface area (Å²) in [5.41, 5.74) is 2.32. The van der Waals surface area contributed by atoms with Crippen LogP contribution in [0.1, 0.15) is 18.2 Å². The number of aryl methyl sites for hydroxylation is 1. The molecule has 4 nitrogen and oxygen atoms in total. The van der Waals surface area contributed by atoms with Crippen LogP contribution in [0.3, 0.4) is 0 Å². The van der Waals surface area contributed by atoms with E-state index >= 15 is 0 Å². The molecular weight excluding hydrogens is 226 g/mol. The van der Waals surface area contributed by atoms with Crippen molar-refractivity contribution in [2.75, 3.05) is 12.4 Å². The molecule has 0 aromatic carbocycles. The minimum absolute atomic E-state index is 0.608. The lowest BCUT2D eigenvalue weighted by Gasteiger charge is -2.09. The molecule has 2 aromatic rings. The maximum absolute atomic E-state index is 5.09. The highest BCUT2D eigenvalue weighted by atomic mass is 16.5. The Hall–Kier alpha value is -2.10. The monoisotopic (exact) mass is 243 g/mol. The number of aromatic nitrogens is 2. The predicted molar refractivity (Wildman–Crippen MR) is 71.7 cm³/mol. The second-order valence-corrected chi connectivity index (χ2v) is 3.88. The van der Waals surface area contributed by atoms with Gasteiger partial charge in [0.05, 0.1) is 19.3 Å². The summed E-state index contributed by atoms with van der Waals surface area (Å²) < 4.78 is 5.09. The fourth-order valence-corrected chi connectivity index (χ4v) is 1.75.